The second kappa shape index (κ2) is 4.02. The number of hydrogen-bond donors (Lipinski definition) is 0. The lowest BCUT2D eigenvalue weighted by Crippen LogP contribution is -1.93. The molecule has 0 amide bonds. The minimum absolute atomic E-state index is 0.287. The molecular formula is C10H8F2N2S. The zero-order valence-corrected chi connectivity index (χ0v) is 8.81. The van der Waals surface area contributed by atoms with E-state index in [0.29, 0.717) is 10.6 Å². The van der Waals surface area contributed by atoms with Gasteiger partial charge in [0, 0.05) is 6.42 Å². The molecule has 0 spiro atoms. The van der Waals surface area contributed by atoms with Gasteiger partial charge >= 0.3 is 0 Å². The number of rotatable bonds is 2. The Morgan fingerprint density at radius 2 is 2.07 bits per heavy atom. The summed E-state index contributed by atoms with van der Waals surface area (Å²) in [6.07, 6.45) is 0.287. The molecule has 0 unspecified atom stereocenters. The molecule has 0 bridgehead atoms. The van der Waals surface area contributed by atoms with Crippen LogP contribution in [-0.2, 0) is 6.42 Å². The second-order valence-corrected chi connectivity index (χ2v) is 4.39. The maximum absolute atomic E-state index is 13.3. The molecule has 78 valence electrons. The van der Waals surface area contributed by atoms with E-state index in [1.165, 1.54) is 17.4 Å². The lowest BCUT2D eigenvalue weighted by atomic mass is 10.1. The van der Waals surface area contributed by atoms with Crippen LogP contribution in [0.3, 0.4) is 0 Å². The molecule has 0 aliphatic carbocycles. The molecule has 0 saturated heterocycles. The van der Waals surface area contributed by atoms with Gasteiger partial charge in [0.2, 0.25) is 0 Å². The molecule has 0 N–H and O–H groups in total. The predicted molar refractivity (Wildman–Crippen MR) is 53.8 cm³/mol. The van der Waals surface area contributed by atoms with Crippen molar-refractivity contribution in [1.82, 2.24) is 10.2 Å². The number of aryl methyl sites for hydroxylation is 1. The lowest BCUT2D eigenvalue weighted by Gasteiger charge is -1.99. The largest absolute Gasteiger partial charge is 0.207 e. The lowest BCUT2D eigenvalue weighted by molar-refractivity contribution is 0.588. The molecule has 0 saturated carbocycles. The van der Waals surface area contributed by atoms with Gasteiger partial charge < -0.3 is 0 Å². The molecule has 1 heterocycles. The van der Waals surface area contributed by atoms with E-state index in [0.717, 1.165) is 17.1 Å². The van der Waals surface area contributed by atoms with Crippen LogP contribution in [0, 0.1) is 18.6 Å². The van der Waals surface area contributed by atoms with Crippen LogP contribution in [0.5, 0.6) is 0 Å². The summed E-state index contributed by atoms with van der Waals surface area (Å²) in [6, 6.07) is 3.41. The van der Waals surface area contributed by atoms with Crippen molar-refractivity contribution < 1.29 is 8.78 Å². The molecule has 0 atom stereocenters. The quantitative estimate of drug-likeness (QED) is 0.786. The van der Waals surface area contributed by atoms with Crippen LogP contribution >= 0.6 is 11.3 Å². The Labute approximate surface area is 89.6 Å². The summed E-state index contributed by atoms with van der Waals surface area (Å²) < 4.78 is 26.1. The fraction of sp³-hybridized carbons (Fsp3) is 0.200. The number of hydrogen-bond acceptors (Lipinski definition) is 3. The normalized spacial score (nSPS) is 10.6. The average molecular weight is 226 g/mol. The topological polar surface area (TPSA) is 25.8 Å². The molecule has 15 heavy (non-hydrogen) atoms. The average Bonchev–Trinajstić information content (AvgIpc) is 2.58. The van der Waals surface area contributed by atoms with Gasteiger partial charge in [-0.2, -0.15) is 0 Å². The zero-order chi connectivity index (χ0) is 10.8. The molecule has 2 aromatic rings. The van der Waals surface area contributed by atoms with Crippen LogP contribution in [0.1, 0.15) is 15.6 Å². The van der Waals surface area contributed by atoms with Gasteiger partial charge in [-0.15, -0.1) is 21.5 Å². The first-order valence-electron chi connectivity index (χ1n) is 4.38. The van der Waals surface area contributed by atoms with Crippen molar-refractivity contribution in [1.29, 1.82) is 0 Å². The molecule has 2 rings (SSSR count). The van der Waals surface area contributed by atoms with Gasteiger partial charge in [-0.25, -0.2) is 8.78 Å². The van der Waals surface area contributed by atoms with Crippen molar-refractivity contribution in [2.75, 3.05) is 0 Å². The van der Waals surface area contributed by atoms with Gasteiger partial charge in [0.05, 0.1) is 0 Å². The Kier molecular flexibility index (Phi) is 2.73. The Hall–Kier alpha value is -1.36. The van der Waals surface area contributed by atoms with Gasteiger partial charge in [0.25, 0.3) is 0 Å². The summed E-state index contributed by atoms with van der Waals surface area (Å²) in [4.78, 5) is 0. The monoisotopic (exact) mass is 226 g/mol. The number of nitrogens with zero attached hydrogens (tertiary/aromatic N) is 2. The summed E-state index contributed by atoms with van der Waals surface area (Å²) >= 11 is 1.39. The van der Waals surface area contributed by atoms with Crippen LogP contribution in [0.4, 0.5) is 8.78 Å². The minimum Gasteiger partial charge on any atom is -0.207 e. The fourth-order valence-corrected chi connectivity index (χ4v) is 1.98. The van der Waals surface area contributed by atoms with E-state index in [4.69, 9.17) is 0 Å². The highest BCUT2D eigenvalue weighted by Crippen LogP contribution is 2.17. The van der Waals surface area contributed by atoms with Gasteiger partial charge in [-0.3, -0.25) is 0 Å². The van der Waals surface area contributed by atoms with Gasteiger partial charge in [-0.05, 0) is 30.7 Å². The van der Waals surface area contributed by atoms with E-state index < -0.39 is 11.6 Å². The highest BCUT2D eigenvalue weighted by Gasteiger charge is 2.07. The van der Waals surface area contributed by atoms with Crippen molar-refractivity contribution >= 4 is 11.3 Å². The van der Waals surface area contributed by atoms with Crippen molar-refractivity contribution in [3.63, 3.8) is 0 Å². The Morgan fingerprint density at radius 3 is 2.73 bits per heavy atom. The standard InChI is InChI=1S/C10H8F2N2S/c1-6-13-14-10(15-6)5-7-4-8(11)2-3-9(7)12/h2-4H,5H2,1H3. The first kappa shape index (κ1) is 10.2. The highest BCUT2D eigenvalue weighted by molar-refractivity contribution is 7.11. The third-order valence-corrected chi connectivity index (χ3v) is 2.76. The van der Waals surface area contributed by atoms with E-state index in [2.05, 4.69) is 10.2 Å². The number of benzene rings is 1. The fourth-order valence-electron chi connectivity index (χ4n) is 1.25. The molecule has 1 aromatic carbocycles. The number of halogens is 2. The second-order valence-electron chi connectivity index (χ2n) is 3.13. The Bertz CT molecular complexity index is 482. The van der Waals surface area contributed by atoms with E-state index >= 15 is 0 Å². The van der Waals surface area contributed by atoms with Crippen LogP contribution in [0.2, 0.25) is 0 Å². The molecule has 0 aliphatic rings. The van der Waals surface area contributed by atoms with E-state index in [1.54, 1.807) is 0 Å². The first-order chi connectivity index (χ1) is 7.15. The molecule has 1 aromatic heterocycles. The minimum atomic E-state index is -0.437. The van der Waals surface area contributed by atoms with E-state index in [9.17, 15) is 8.78 Å². The summed E-state index contributed by atoms with van der Waals surface area (Å²) in [5, 5.41) is 9.19. The maximum Gasteiger partial charge on any atom is 0.127 e. The molecule has 0 fully saturated rings. The summed E-state index contributed by atoms with van der Waals surface area (Å²) in [5.74, 6) is -0.850. The molecule has 0 radical (unpaired) electrons. The molecule has 2 nitrogen and oxygen atoms in total. The molecular weight excluding hydrogens is 218 g/mol. The summed E-state index contributed by atoms with van der Waals surface area (Å²) in [6.45, 7) is 1.82. The number of aromatic nitrogens is 2. The highest BCUT2D eigenvalue weighted by atomic mass is 32.1. The van der Waals surface area contributed by atoms with E-state index in [-0.39, 0.29) is 6.42 Å². The third-order valence-electron chi connectivity index (χ3n) is 1.92. The van der Waals surface area contributed by atoms with Crippen molar-refractivity contribution in [2.24, 2.45) is 0 Å². The van der Waals surface area contributed by atoms with Crippen LogP contribution in [0.25, 0.3) is 0 Å². The van der Waals surface area contributed by atoms with Crippen LogP contribution in [0.15, 0.2) is 18.2 Å². The predicted octanol–water partition coefficient (Wildman–Crippen LogP) is 2.72. The van der Waals surface area contributed by atoms with Crippen LogP contribution in [-0.4, -0.2) is 10.2 Å². The smallest absolute Gasteiger partial charge is 0.127 e. The van der Waals surface area contributed by atoms with Gasteiger partial charge in [0.15, 0.2) is 0 Å². The SMILES string of the molecule is Cc1nnc(Cc2cc(F)ccc2F)s1. The zero-order valence-electron chi connectivity index (χ0n) is 8.00. The van der Waals surface area contributed by atoms with Crippen molar-refractivity contribution in [2.45, 2.75) is 13.3 Å². The van der Waals surface area contributed by atoms with Gasteiger partial charge in [0.1, 0.15) is 21.6 Å². The molecule has 0 aliphatic heterocycles. The Morgan fingerprint density at radius 1 is 1.27 bits per heavy atom. The van der Waals surface area contributed by atoms with Crippen LogP contribution < -0.4 is 0 Å². The van der Waals surface area contributed by atoms with E-state index in [1.807, 2.05) is 6.92 Å². The molecule has 5 heteroatoms. The van der Waals surface area contributed by atoms with Crippen molar-refractivity contribution in [3.8, 4) is 0 Å². The maximum atomic E-state index is 13.3. The summed E-state index contributed by atoms with van der Waals surface area (Å²) in [7, 11) is 0. The third kappa shape index (κ3) is 2.36. The van der Waals surface area contributed by atoms with Crippen molar-refractivity contribution in [3.05, 3.63) is 45.4 Å². The Balaban J connectivity index is 2.27. The summed E-state index contributed by atoms with van der Waals surface area (Å²) in [5.41, 5.74) is 0.311. The first-order valence-corrected chi connectivity index (χ1v) is 5.20. The van der Waals surface area contributed by atoms with Gasteiger partial charge in [-0.1, -0.05) is 0 Å².